The second-order valence-corrected chi connectivity index (χ2v) is 6.64. The molecule has 2 saturated heterocycles. The molecule has 2 aliphatic rings. The monoisotopic (exact) mass is 364 g/mol. The van der Waals surface area contributed by atoms with Crippen LogP contribution in [0.15, 0.2) is 18.2 Å². The molecule has 142 valence electrons. The van der Waals surface area contributed by atoms with E-state index in [1.54, 1.807) is 19.1 Å². The number of carbonyl (C=O) groups is 2. The third kappa shape index (κ3) is 4.50. The molecule has 2 unspecified atom stereocenters. The lowest BCUT2D eigenvalue weighted by Crippen LogP contribution is -2.54. The second-order valence-electron chi connectivity index (χ2n) is 6.64. The molecule has 0 radical (unpaired) electrons. The SMILES string of the molecule is CC(C(=O)Nc1ccc(NCC2CCCO2)c(F)c1)N1CCNCC1=O. The van der Waals surface area contributed by atoms with Crippen molar-refractivity contribution < 1.29 is 18.7 Å². The van der Waals surface area contributed by atoms with Crippen LogP contribution in [0.2, 0.25) is 0 Å². The number of piperazine rings is 1. The zero-order valence-electron chi connectivity index (χ0n) is 14.9. The van der Waals surface area contributed by atoms with E-state index in [9.17, 15) is 14.0 Å². The first kappa shape index (κ1) is 18.6. The van der Waals surface area contributed by atoms with Gasteiger partial charge in [0.2, 0.25) is 11.8 Å². The van der Waals surface area contributed by atoms with Gasteiger partial charge in [-0.3, -0.25) is 9.59 Å². The van der Waals surface area contributed by atoms with Crippen molar-refractivity contribution in [2.24, 2.45) is 0 Å². The average Bonchev–Trinajstić information content (AvgIpc) is 3.14. The Bertz CT molecular complexity index is 664. The van der Waals surface area contributed by atoms with Crippen LogP contribution in [0, 0.1) is 5.82 Å². The Balaban J connectivity index is 1.56. The van der Waals surface area contributed by atoms with Crippen molar-refractivity contribution in [3.05, 3.63) is 24.0 Å². The van der Waals surface area contributed by atoms with Crippen molar-refractivity contribution in [2.45, 2.75) is 31.9 Å². The third-order valence-electron chi connectivity index (χ3n) is 4.75. The molecule has 7 nitrogen and oxygen atoms in total. The largest absolute Gasteiger partial charge is 0.380 e. The van der Waals surface area contributed by atoms with Crippen molar-refractivity contribution in [3.8, 4) is 0 Å². The Morgan fingerprint density at radius 2 is 2.35 bits per heavy atom. The van der Waals surface area contributed by atoms with Gasteiger partial charge >= 0.3 is 0 Å². The number of hydrogen-bond acceptors (Lipinski definition) is 5. The van der Waals surface area contributed by atoms with Crippen LogP contribution >= 0.6 is 0 Å². The number of benzene rings is 1. The van der Waals surface area contributed by atoms with Gasteiger partial charge in [0.1, 0.15) is 11.9 Å². The molecule has 26 heavy (non-hydrogen) atoms. The minimum atomic E-state index is -0.607. The molecule has 0 aromatic heterocycles. The maximum atomic E-state index is 14.3. The summed E-state index contributed by atoms with van der Waals surface area (Å²) in [6.07, 6.45) is 2.13. The van der Waals surface area contributed by atoms with Gasteiger partial charge < -0.3 is 25.6 Å². The van der Waals surface area contributed by atoms with E-state index < -0.39 is 11.9 Å². The van der Waals surface area contributed by atoms with Crippen LogP contribution in [0.25, 0.3) is 0 Å². The number of amides is 2. The quantitative estimate of drug-likeness (QED) is 0.706. The fourth-order valence-electron chi connectivity index (χ4n) is 3.18. The Morgan fingerprint density at radius 1 is 1.50 bits per heavy atom. The van der Waals surface area contributed by atoms with Gasteiger partial charge in [-0.25, -0.2) is 4.39 Å². The third-order valence-corrected chi connectivity index (χ3v) is 4.75. The molecule has 0 aliphatic carbocycles. The van der Waals surface area contributed by atoms with Gasteiger partial charge in [-0.05, 0) is 38.0 Å². The summed E-state index contributed by atoms with van der Waals surface area (Å²) in [4.78, 5) is 25.8. The molecular formula is C18H25FN4O3. The van der Waals surface area contributed by atoms with Crippen LogP contribution in [0.1, 0.15) is 19.8 Å². The molecule has 0 saturated carbocycles. The van der Waals surface area contributed by atoms with Crippen LogP contribution in [0.4, 0.5) is 15.8 Å². The Labute approximate surface area is 152 Å². The second kappa shape index (κ2) is 8.46. The first-order valence-electron chi connectivity index (χ1n) is 9.00. The molecule has 8 heteroatoms. The van der Waals surface area contributed by atoms with Gasteiger partial charge in [-0.15, -0.1) is 0 Å². The molecule has 2 amide bonds. The highest BCUT2D eigenvalue weighted by atomic mass is 19.1. The van der Waals surface area contributed by atoms with Gasteiger partial charge in [-0.2, -0.15) is 0 Å². The van der Waals surface area contributed by atoms with E-state index in [4.69, 9.17) is 4.74 Å². The minimum absolute atomic E-state index is 0.112. The Morgan fingerprint density at radius 3 is 3.04 bits per heavy atom. The van der Waals surface area contributed by atoms with E-state index in [-0.39, 0.29) is 24.5 Å². The van der Waals surface area contributed by atoms with Crippen molar-refractivity contribution in [2.75, 3.05) is 43.4 Å². The lowest BCUT2D eigenvalue weighted by atomic mass is 10.2. The molecular weight excluding hydrogens is 339 g/mol. The normalized spacial score (nSPS) is 21.5. The fourth-order valence-corrected chi connectivity index (χ4v) is 3.18. The van der Waals surface area contributed by atoms with Crippen molar-refractivity contribution in [1.82, 2.24) is 10.2 Å². The molecule has 1 aromatic carbocycles. The Hall–Kier alpha value is -2.19. The van der Waals surface area contributed by atoms with E-state index in [2.05, 4.69) is 16.0 Å². The summed E-state index contributed by atoms with van der Waals surface area (Å²) in [5.74, 6) is -0.884. The highest BCUT2D eigenvalue weighted by Crippen LogP contribution is 2.21. The molecule has 2 aliphatic heterocycles. The van der Waals surface area contributed by atoms with E-state index in [1.807, 2.05) is 0 Å². The highest BCUT2D eigenvalue weighted by molar-refractivity contribution is 5.97. The van der Waals surface area contributed by atoms with E-state index >= 15 is 0 Å². The molecule has 1 aromatic rings. The van der Waals surface area contributed by atoms with Crippen LogP contribution in [-0.2, 0) is 14.3 Å². The molecule has 3 N–H and O–H groups in total. The standard InChI is InChI=1S/C18H25FN4O3/c1-12(23-7-6-20-11-17(23)24)18(25)22-13-4-5-16(15(19)9-13)21-10-14-3-2-8-26-14/h4-5,9,12,14,20-21H,2-3,6-8,10-11H2,1H3,(H,22,25). The van der Waals surface area contributed by atoms with E-state index in [0.717, 1.165) is 19.4 Å². The van der Waals surface area contributed by atoms with E-state index in [0.29, 0.717) is 31.0 Å². The van der Waals surface area contributed by atoms with Crippen LogP contribution in [0.3, 0.4) is 0 Å². The number of halogens is 1. The first-order chi connectivity index (χ1) is 12.5. The summed E-state index contributed by atoms with van der Waals surface area (Å²) in [6, 6.07) is 3.92. The number of carbonyl (C=O) groups excluding carboxylic acids is 2. The smallest absolute Gasteiger partial charge is 0.246 e. The van der Waals surface area contributed by atoms with Gasteiger partial charge in [-0.1, -0.05) is 0 Å². The summed E-state index contributed by atoms with van der Waals surface area (Å²) in [5, 5.41) is 8.69. The van der Waals surface area contributed by atoms with E-state index in [1.165, 1.54) is 11.0 Å². The number of nitrogens with one attached hydrogen (secondary N) is 3. The average molecular weight is 364 g/mol. The maximum Gasteiger partial charge on any atom is 0.246 e. The number of anilines is 2. The summed E-state index contributed by atoms with van der Waals surface area (Å²) in [7, 11) is 0. The zero-order valence-corrected chi connectivity index (χ0v) is 14.9. The summed E-state index contributed by atoms with van der Waals surface area (Å²) in [5.41, 5.74) is 0.744. The van der Waals surface area contributed by atoms with Crippen molar-refractivity contribution >= 4 is 23.2 Å². The molecule has 2 atom stereocenters. The lowest BCUT2D eigenvalue weighted by molar-refractivity contribution is -0.138. The van der Waals surface area contributed by atoms with Crippen LogP contribution in [-0.4, -0.2) is 61.6 Å². The molecule has 0 spiro atoms. The predicted octanol–water partition coefficient (Wildman–Crippen LogP) is 1.18. The minimum Gasteiger partial charge on any atom is -0.380 e. The topological polar surface area (TPSA) is 82.7 Å². The maximum absolute atomic E-state index is 14.3. The number of hydrogen-bond donors (Lipinski definition) is 3. The Kier molecular flexibility index (Phi) is 6.05. The molecule has 2 fully saturated rings. The molecule has 3 rings (SSSR count). The first-order valence-corrected chi connectivity index (χ1v) is 9.00. The highest BCUT2D eigenvalue weighted by Gasteiger charge is 2.27. The van der Waals surface area contributed by atoms with Crippen LogP contribution in [0.5, 0.6) is 0 Å². The molecule has 2 heterocycles. The van der Waals surface area contributed by atoms with Crippen molar-refractivity contribution in [1.29, 1.82) is 0 Å². The summed E-state index contributed by atoms with van der Waals surface area (Å²) >= 11 is 0. The zero-order chi connectivity index (χ0) is 18.5. The van der Waals surface area contributed by atoms with Gasteiger partial charge in [0.15, 0.2) is 0 Å². The summed E-state index contributed by atoms with van der Waals surface area (Å²) in [6.45, 7) is 4.36. The molecule has 0 bridgehead atoms. The summed E-state index contributed by atoms with van der Waals surface area (Å²) < 4.78 is 19.8. The van der Waals surface area contributed by atoms with Crippen molar-refractivity contribution in [3.63, 3.8) is 0 Å². The van der Waals surface area contributed by atoms with Gasteiger partial charge in [0.25, 0.3) is 0 Å². The van der Waals surface area contributed by atoms with Gasteiger partial charge in [0.05, 0.1) is 18.3 Å². The number of ether oxygens (including phenoxy) is 1. The number of nitrogens with zero attached hydrogens (tertiary/aromatic N) is 1. The predicted molar refractivity (Wildman–Crippen MR) is 96.5 cm³/mol. The number of rotatable bonds is 6. The lowest BCUT2D eigenvalue weighted by Gasteiger charge is -2.32. The van der Waals surface area contributed by atoms with Crippen LogP contribution < -0.4 is 16.0 Å². The fraction of sp³-hybridized carbons (Fsp3) is 0.556. The van der Waals surface area contributed by atoms with Gasteiger partial charge in [0, 0.05) is 31.9 Å².